The first-order valence-electron chi connectivity index (χ1n) is 9.02. The summed E-state index contributed by atoms with van der Waals surface area (Å²) in [6.07, 6.45) is 0. The second-order valence-electron chi connectivity index (χ2n) is 7.90. The second-order valence-corrected chi connectivity index (χ2v) is 7.90. The zero-order valence-corrected chi connectivity index (χ0v) is 16.4. The third kappa shape index (κ3) is 4.84. The molecule has 1 aliphatic heterocycles. The maximum atomic E-state index is 12.3. The van der Waals surface area contributed by atoms with Gasteiger partial charge in [-0.2, -0.15) is 0 Å². The Kier molecular flexibility index (Phi) is 6.05. The Hall–Kier alpha value is -2.37. The van der Waals surface area contributed by atoms with E-state index >= 15 is 0 Å². The monoisotopic (exact) mass is 359 g/mol. The third-order valence-electron chi connectivity index (χ3n) is 4.73. The van der Waals surface area contributed by atoms with Gasteiger partial charge in [0, 0.05) is 37.2 Å². The number of aryl methyl sites for hydroxylation is 2. The molecule has 1 heterocycles. The summed E-state index contributed by atoms with van der Waals surface area (Å²) in [4.78, 5) is 40.3. The number of hydrogen-bond acceptors (Lipinski definition) is 3. The molecule has 2 rings (SSSR count). The molecule has 0 atom stereocenters. The first-order valence-corrected chi connectivity index (χ1v) is 9.02. The molecule has 1 aromatic rings. The Balaban J connectivity index is 1.83. The van der Waals surface area contributed by atoms with Crippen LogP contribution in [0.4, 0.5) is 0 Å². The zero-order chi connectivity index (χ0) is 19.5. The van der Waals surface area contributed by atoms with Crippen molar-refractivity contribution in [2.75, 3.05) is 32.7 Å². The van der Waals surface area contributed by atoms with Gasteiger partial charge in [0.05, 0.1) is 6.54 Å². The van der Waals surface area contributed by atoms with Crippen LogP contribution in [0.25, 0.3) is 0 Å². The SMILES string of the molecule is Cc1ccc(C(=O)NCC(=O)N2CCN(C(=O)C(C)(C)C)CC2)cc1C. The molecule has 1 N–H and O–H groups in total. The van der Waals surface area contributed by atoms with Crippen LogP contribution in [-0.2, 0) is 9.59 Å². The van der Waals surface area contributed by atoms with E-state index in [1.165, 1.54) is 0 Å². The lowest BCUT2D eigenvalue weighted by atomic mass is 9.94. The molecule has 0 spiro atoms. The normalized spacial score (nSPS) is 15.0. The lowest BCUT2D eigenvalue weighted by Gasteiger charge is -2.37. The average molecular weight is 359 g/mol. The van der Waals surface area contributed by atoms with Gasteiger partial charge in [-0.15, -0.1) is 0 Å². The van der Waals surface area contributed by atoms with Gasteiger partial charge in [0.1, 0.15) is 0 Å². The topological polar surface area (TPSA) is 69.7 Å². The van der Waals surface area contributed by atoms with Gasteiger partial charge < -0.3 is 15.1 Å². The average Bonchev–Trinajstić information content (AvgIpc) is 2.60. The fourth-order valence-electron chi connectivity index (χ4n) is 2.89. The third-order valence-corrected chi connectivity index (χ3v) is 4.73. The van der Waals surface area contributed by atoms with E-state index in [1.54, 1.807) is 15.9 Å². The van der Waals surface area contributed by atoms with Gasteiger partial charge in [-0.05, 0) is 37.1 Å². The van der Waals surface area contributed by atoms with Crippen molar-refractivity contribution in [3.8, 4) is 0 Å². The van der Waals surface area contributed by atoms with E-state index in [0.717, 1.165) is 11.1 Å². The van der Waals surface area contributed by atoms with E-state index in [0.29, 0.717) is 31.7 Å². The standard InChI is InChI=1S/C20H29N3O3/c1-14-6-7-16(12-15(14)2)18(25)21-13-17(24)22-8-10-23(11-9-22)19(26)20(3,4)5/h6-7,12H,8-11,13H2,1-5H3,(H,21,25). The van der Waals surface area contributed by atoms with Crippen LogP contribution < -0.4 is 5.32 Å². The molecule has 26 heavy (non-hydrogen) atoms. The smallest absolute Gasteiger partial charge is 0.251 e. The highest BCUT2D eigenvalue weighted by molar-refractivity contribution is 5.96. The first kappa shape index (κ1) is 19.9. The number of hydrogen-bond donors (Lipinski definition) is 1. The van der Waals surface area contributed by atoms with Gasteiger partial charge in [0.25, 0.3) is 5.91 Å². The molecular weight excluding hydrogens is 330 g/mol. The van der Waals surface area contributed by atoms with E-state index in [4.69, 9.17) is 0 Å². The number of nitrogens with one attached hydrogen (secondary N) is 1. The number of rotatable bonds is 3. The first-order chi connectivity index (χ1) is 12.1. The van der Waals surface area contributed by atoms with Crippen LogP contribution in [0.2, 0.25) is 0 Å². The summed E-state index contributed by atoms with van der Waals surface area (Å²) in [5.41, 5.74) is 2.32. The highest BCUT2D eigenvalue weighted by Gasteiger charge is 2.30. The molecule has 0 saturated carbocycles. The highest BCUT2D eigenvalue weighted by Crippen LogP contribution is 2.18. The molecule has 0 radical (unpaired) electrons. The Morgan fingerprint density at radius 2 is 1.54 bits per heavy atom. The molecule has 1 fully saturated rings. The van der Waals surface area contributed by atoms with E-state index < -0.39 is 5.41 Å². The molecule has 6 nitrogen and oxygen atoms in total. The van der Waals surface area contributed by atoms with Gasteiger partial charge in [0.2, 0.25) is 11.8 Å². The van der Waals surface area contributed by atoms with Crippen molar-refractivity contribution in [2.45, 2.75) is 34.6 Å². The maximum absolute atomic E-state index is 12.3. The Morgan fingerprint density at radius 3 is 2.08 bits per heavy atom. The number of benzene rings is 1. The molecule has 1 saturated heterocycles. The van der Waals surface area contributed by atoms with Gasteiger partial charge in [-0.3, -0.25) is 14.4 Å². The van der Waals surface area contributed by atoms with Crippen molar-refractivity contribution in [2.24, 2.45) is 5.41 Å². The lowest BCUT2D eigenvalue weighted by molar-refractivity contribution is -0.144. The molecule has 1 aromatic carbocycles. The quantitative estimate of drug-likeness (QED) is 0.894. The number of carbonyl (C=O) groups excluding carboxylic acids is 3. The minimum Gasteiger partial charge on any atom is -0.343 e. The summed E-state index contributed by atoms with van der Waals surface area (Å²) >= 11 is 0. The van der Waals surface area contributed by atoms with Crippen molar-refractivity contribution < 1.29 is 14.4 Å². The summed E-state index contributed by atoms with van der Waals surface area (Å²) in [5.74, 6) is -0.263. The fourth-order valence-corrected chi connectivity index (χ4v) is 2.89. The molecule has 0 aliphatic carbocycles. The molecule has 0 bridgehead atoms. The number of carbonyl (C=O) groups is 3. The Bertz CT molecular complexity index is 699. The molecular formula is C20H29N3O3. The van der Waals surface area contributed by atoms with Crippen LogP contribution in [0.15, 0.2) is 18.2 Å². The summed E-state index contributed by atoms with van der Waals surface area (Å²) in [6, 6.07) is 5.49. The van der Waals surface area contributed by atoms with E-state index in [9.17, 15) is 14.4 Å². The lowest BCUT2D eigenvalue weighted by Crippen LogP contribution is -2.54. The van der Waals surface area contributed by atoms with Gasteiger partial charge >= 0.3 is 0 Å². The minimum atomic E-state index is -0.410. The van der Waals surface area contributed by atoms with Gasteiger partial charge in [-0.1, -0.05) is 26.8 Å². The van der Waals surface area contributed by atoms with Crippen LogP contribution in [0.1, 0.15) is 42.3 Å². The Morgan fingerprint density at radius 1 is 0.962 bits per heavy atom. The predicted molar refractivity (Wildman–Crippen MR) is 101 cm³/mol. The molecule has 6 heteroatoms. The van der Waals surface area contributed by atoms with E-state index in [-0.39, 0.29) is 24.3 Å². The van der Waals surface area contributed by atoms with E-state index in [2.05, 4.69) is 5.32 Å². The molecule has 3 amide bonds. The number of piperazine rings is 1. The largest absolute Gasteiger partial charge is 0.343 e. The van der Waals surface area contributed by atoms with Crippen LogP contribution >= 0.6 is 0 Å². The molecule has 0 unspecified atom stereocenters. The minimum absolute atomic E-state index is 0.0288. The van der Waals surface area contributed by atoms with Crippen LogP contribution in [0, 0.1) is 19.3 Å². The van der Waals surface area contributed by atoms with Crippen LogP contribution in [0.3, 0.4) is 0 Å². The molecule has 142 valence electrons. The fraction of sp³-hybridized carbons (Fsp3) is 0.550. The van der Waals surface area contributed by atoms with Gasteiger partial charge in [0.15, 0.2) is 0 Å². The highest BCUT2D eigenvalue weighted by atomic mass is 16.2. The zero-order valence-electron chi connectivity index (χ0n) is 16.4. The maximum Gasteiger partial charge on any atom is 0.251 e. The van der Waals surface area contributed by atoms with Crippen molar-refractivity contribution in [1.29, 1.82) is 0 Å². The van der Waals surface area contributed by atoms with Crippen molar-refractivity contribution in [3.63, 3.8) is 0 Å². The summed E-state index contributed by atoms with van der Waals surface area (Å²) < 4.78 is 0. The van der Waals surface area contributed by atoms with Crippen molar-refractivity contribution in [3.05, 3.63) is 34.9 Å². The second kappa shape index (κ2) is 7.89. The van der Waals surface area contributed by atoms with Crippen LogP contribution in [-0.4, -0.2) is 60.2 Å². The van der Waals surface area contributed by atoms with E-state index in [1.807, 2.05) is 46.8 Å². The summed E-state index contributed by atoms with van der Waals surface area (Å²) in [6.45, 7) is 11.7. The number of nitrogens with zero attached hydrogens (tertiary/aromatic N) is 2. The summed E-state index contributed by atoms with van der Waals surface area (Å²) in [7, 11) is 0. The Labute approximate surface area is 155 Å². The van der Waals surface area contributed by atoms with Crippen molar-refractivity contribution in [1.82, 2.24) is 15.1 Å². The van der Waals surface area contributed by atoms with Crippen LogP contribution in [0.5, 0.6) is 0 Å². The van der Waals surface area contributed by atoms with Crippen molar-refractivity contribution >= 4 is 17.7 Å². The molecule has 0 aromatic heterocycles. The van der Waals surface area contributed by atoms with Gasteiger partial charge in [-0.25, -0.2) is 0 Å². The summed E-state index contributed by atoms with van der Waals surface area (Å²) in [5, 5.41) is 2.69. The number of amides is 3. The molecule has 1 aliphatic rings. The predicted octanol–water partition coefficient (Wildman–Crippen LogP) is 1.75.